The van der Waals surface area contributed by atoms with E-state index >= 15 is 0 Å². The lowest BCUT2D eigenvalue weighted by atomic mass is 10.0. The molecule has 37 heavy (non-hydrogen) atoms. The largest absolute Gasteiger partial charge is 0.308 e. The van der Waals surface area contributed by atoms with Crippen LogP contribution < -0.4 is 0 Å². The Bertz CT molecular complexity index is 2370. The zero-order valence-electron chi connectivity index (χ0n) is 20.1. The third-order valence-electron chi connectivity index (χ3n) is 7.99. The van der Waals surface area contributed by atoms with Gasteiger partial charge in [0.15, 0.2) is 0 Å². The van der Waals surface area contributed by atoms with Gasteiger partial charge in [0.05, 0.1) is 38.8 Å². The Morgan fingerprint density at radius 3 is 1.86 bits per heavy atom. The molecule has 9 aromatic rings. The Labute approximate surface area is 211 Å². The van der Waals surface area contributed by atoms with Crippen molar-refractivity contribution < 1.29 is 0 Å². The van der Waals surface area contributed by atoms with Crippen LogP contribution in [0.3, 0.4) is 0 Å². The molecule has 4 nitrogen and oxygen atoms in total. The first-order valence-corrected chi connectivity index (χ1v) is 12.6. The second-order valence-corrected chi connectivity index (χ2v) is 9.89. The molecule has 0 saturated carbocycles. The van der Waals surface area contributed by atoms with E-state index < -0.39 is 0 Å². The smallest absolute Gasteiger partial charge is 0.235 e. The lowest BCUT2D eigenvalue weighted by Gasteiger charge is -2.10. The Balaban J connectivity index is 1.61. The Morgan fingerprint density at radius 1 is 0.514 bits per heavy atom. The third kappa shape index (κ3) is 2.28. The molecule has 0 fully saturated rings. The predicted molar refractivity (Wildman–Crippen MR) is 153 cm³/mol. The van der Waals surface area contributed by atoms with Crippen LogP contribution in [0.5, 0.6) is 0 Å². The highest BCUT2D eigenvalue weighted by Crippen LogP contribution is 2.46. The average Bonchev–Trinajstić information content (AvgIpc) is 3.57. The fourth-order valence-electron chi connectivity index (χ4n) is 6.48. The summed E-state index contributed by atoms with van der Waals surface area (Å²) >= 11 is 0. The molecule has 5 aromatic carbocycles. The third-order valence-corrected chi connectivity index (χ3v) is 7.99. The van der Waals surface area contributed by atoms with Gasteiger partial charge < -0.3 is 4.40 Å². The van der Waals surface area contributed by atoms with Crippen molar-refractivity contribution in [2.45, 2.75) is 6.92 Å². The van der Waals surface area contributed by atoms with E-state index in [-0.39, 0.29) is 0 Å². The first-order valence-electron chi connectivity index (χ1n) is 12.6. The topological polar surface area (TPSA) is 35.1 Å². The van der Waals surface area contributed by atoms with Crippen LogP contribution in [-0.4, -0.2) is 18.9 Å². The molecule has 4 aromatic heterocycles. The maximum atomic E-state index is 5.10. The van der Waals surface area contributed by atoms with E-state index in [1.54, 1.807) is 0 Å². The van der Waals surface area contributed by atoms with E-state index in [0.29, 0.717) is 5.95 Å². The van der Waals surface area contributed by atoms with E-state index in [2.05, 4.69) is 107 Å². The van der Waals surface area contributed by atoms with Gasteiger partial charge in [0.1, 0.15) is 0 Å². The fraction of sp³-hybridized carbons (Fsp3) is 0.0303. The van der Waals surface area contributed by atoms with Gasteiger partial charge >= 0.3 is 0 Å². The molecule has 4 heterocycles. The number of rotatable bonds is 1. The maximum Gasteiger partial charge on any atom is 0.235 e. The Morgan fingerprint density at radius 2 is 1.08 bits per heavy atom. The molecule has 0 aliphatic rings. The normalized spacial score (nSPS) is 12.5. The van der Waals surface area contributed by atoms with Crippen molar-refractivity contribution in [1.82, 2.24) is 18.9 Å². The lowest BCUT2D eigenvalue weighted by Crippen LogP contribution is -2.03. The second kappa shape index (κ2) is 6.62. The number of para-hydroxylation sites is 4. The first kappa shape index (κ1) is 19.3. The second-order valence-electron chi connectivity index (χ2n) is 9.89. The molecule has 0 saturated heterocycles. The summed E-state index contributed by atoms with van der Waals surface area (Å²) in [5.74, 6) is 0.713. The zero-order valence-corrected chi connectivity index (χ0v) is 20.1. The minimum atomic E-state index is 0.713. The van der Waals surface area contributed by atoms with Gasteiger partial charge in [-0.25, -0.2) is 9.97 Å². The van der Waals surface area contributed by atoms with E-state index in [1.165, 1.54) is 48.9 Å². The van der Waals surface area contributed by atoms with Gasteiger partial charge in [-0.15, -0.1) is 0 Å². The Hall–Kier alpha value is -4.96. The van der Waals surface area contributed by atoms with Gasteiger partial charge in [-0.2, -0.15) is 0 Å². The van der Waals surface area contributed by atoms with Crippen LogP contribution in [0.15, 0.2) is 103 Å². The molecule has 0 N–H and O–H groups in total. The molecule has 0 atom stereocenters. The SMILES string of the molecule is Cc1nc(-n2c3ccccc3c3cc4c5ccccc5n5c6ccccc6c(c32)c45)nc2ccccc12. The van der Waals surface area contributed by atoms with Crippen LogP contribution in [-0.2, 0) is 0 Å². The van der Waals surface area contributed by atoms with Crippen molar-refractivity contribution in [1.29, 1.82) is 0 Å². The number of benzene rings is 5. The molecule has 0 bridgehead atoms. The summed E-state index contributed by atoms with van der Waals surface area (Å²) in [5, 5.41) is 8.60. The zero-order chi connectivity index (χ0) is 24.2. The highest BCUT2D eigenvalue weighted by molar-refractivity contribution is 6.34. The summed E-state index contributed by atoms with van der Waals surface area (Å²) < 4.78 is 4.71. The number of hydrogen-bond acceptors (Lipinski definition) is 2. The van der Waals surface area contributed by atoms with E-state index in [1.807, 2.05) is 12.1 Å². The van der Waals surface area contributed by atoms with Gasteiger partial charge in [0.25, 0.3) is 0 Å². The standard InChI is InChI=1S/C33H20N4/c1-19-20-10-2-6-14-26(20)35-33(34-19)37-28-16-8-4-12-22(28)25-18-24-21-11-3-7-15-27(21)36-29-17-9-5-13-23(29)30(31(24)36)32(25)37/h2-18H,1H3. The highest BCUT2D eigenvalue weighted by atomic mass is 15.2. The monoisotopic (exact) mass is 472 g/mol. The van der Waals surface area contributed by atoms with Gasteiger partial charge in [0.2, 0.25) is 5.95 Å². The number of nitrogens with zero attached hydrogens (tertiary/aromatic N) is 4. The molecule has 0 radical (unpaired) electrons. The van der Waals surface area contributed by atoms with Crippen molar-refractivity contribution in [3.05, 3.63) is 109 Å². The fourth-order valence-corrected chi connectivity index (χ4v) is 6.48. The molecule has 0 aliphatic carbocycles. The molecular weight excluding hydrogens is 452 g/mol. The first-order chi connectivity index (χ1) is 18.3. The van der Waals surface area contributed by atoms with Crippen molar-refractivity contribution in [2.75, 3.05) is 0 Å². The average molecular weight is 473 g/mol. The van der Waals surface area contributed by atoms with Crippen molar-refractivity contribution in [3.63, 3.8) is 0 Å². The number of aryl methyl sites for hydroxylation is 1. The van der Waals surface area contributed by atoms with Crippen LogP contribution in [0.1, 0.15) is 5.69 Å². The van der Waals surface area contributed by atoms with Crippen LogP contribution >= 0.6 is 0 Å². The summed E-state index contributed by atoms with van der Waals surface area (Å²) in [6.45, 7) is 2.08. The van der Waals surface area contributed by atoms with Gasteiger partial charge in [-0.3, -0.25) is 4.57 Å². The van der Waals surface area contributed by atoms with E-state index in [0.717, 1.165) is 27.6 Å². The summed E-state index contributed by atoms with van der Waals surface area (Å²) in [6, 6.07) is 36.8. The molecule has 0 unspecified atom stereocenters. The number of hydrogen-bond donors (Lipinski definition) is 0. The van der Waals surface area contributed by atoms with Crippen LogP contribution in [0.4, 0.5) is 0 Å². The lowest BCUT2D eigenvalue weighted by molar-refractivity contribution is 0.991. The summed E-state index contributed by atoms with van der Waals surface area (Å²) in [4.78, 5) is 10.2. The number of fused-ring (bicyclic) bond motifs is 11. The maximum absolute atomic E-state index is 5.10. The van der Waals surface area contributed by atoms with Crippen LogP contribution in [0, 0.1) is 6.92 Å². The van der Waals surface area contributed by atoms with Gasteiger partial charge in [-0.05, 0) is 37.3 Å². The molecule has 9 rings (SSSR count). The number of aromatic nitrogens is 4. The summed E-state index contributed by atoms with van der Waals surface area (Å²) in [5.41, 5.74) is 7.96. The molecule has 172 valence electrons. The Kier molecular flexibility index (Phi) is 3.45. The van der Waals surface area contributed by atoms with Gasteiger partial charge in [0, 0.05) is 37.7 Å². The van der Waals surface area contributed by atoms with Crippen LogP contribution in [0.2, 0.25) is 0 Å². The molecule has 0 spiro atoms. The predicted octanol–water partition coefficient (Wildman–Crippen LogP) is 8.19. The highest BCUT2D eigenvalue weighted by Gasteiger charge is 2.24. The summed E-state index contributed by atoms with van der Waals surface area (Å²) in [7, 11) is 0. The van der Waals surface area contributed by atoms with Crippen LogP contribution in [0.25, 0.3) is 76.8 Å². The molecule has 0 amide bonds. The van der Waals surface area contributed by atoms with E-state index in [9.17, 15) is 0 Å². The quantitative estimate of drug-likeness (QED) is 0.241. The summed E-state index contributed by atoms with van der Waals surface area (Å²) in [6.07, 6.45) is 0. The van der Waals surface area contributed by atoms with Crippen molar-refractivity contribution >= 4 is 70.8 Å². The van der Waals surface area contributed by atoms with Gasteiger partial charge in [-0.1, -0.05) is 72.8 Å². The minimum Gasteiger partial charge on any atom is -0.308 e. The molecule has 4 heteroatoms. The van der Waals surface area contributed by atoms with Crippen molar-refractivity contribution in [3.8, 4) is 5.95 Å². The van der Waals surface area contributed by atoms with E-state index in [4.69, 9.17) is 9.97 Å². The molecular formula is C33H20N4. The van der Waals surface area contributed by atoms with Crippen molar-refractivity contribution in [2.24, 2.45) is 0 Å². The molecule has 0 aliphatic heterocycles. The minimum absolute atomic E-state index is 0.713.